The molecule has 0 radical (unpaired) electrons. The summed E-state index contributed by atoms with van der Waals surface area (Å²) < 4.78 is 5.41. The number of hydrogen-bond donors (Lipinski definition) is 2. The molecule has 0 spiro atoms. The standard InChI is InChI=1S/C14H20ClN3O2/c1-20-10-5-6-18(9(7-10)8-16)12-4-2-3-11(15)13(12)14(17)19/h2-4,9-10H,5-8,16H2,1H3,(H2,17,19). The van der Waals surface area contributed by atoms with Crippen LogP contribution in [0, 0.1) is 0 Å². The fourth-order valence-electron chi connectivity index (χ4n) is 2.76. The Morgan fingerprint density at radius 1 is 1.55 bits per heavy atom. The smallest absolute Gasteiger partial charge is 0.252 e. The van der Waals surface area contributed by atoms with Gasteiger partial charge in [0, 0.05) is 26.2 Å². The number of benzene rings is 1. The first-order valence-corrected chi connectivity index (χ1v) is 7.04. The first-order chi connectivity index (χ1) is 9.58. The van der Waals surface area contributed by atoms with E-state index in [0.29, 0.717) is 17.1 Å². The minimum atomic E-state index is -0.518. The van der Waals surface area contributed by atoms with E-state index in [1.165, 1.54) is 0 Å². The Labute approximate surface area is 123 Å². The van der Waals surface area contributed by atoms with Crippen LogP contribution in [0.25, 0.3) is 0 Å². The van der Waals surface area contributed by atoms with Crippen molar-refractivity contribution in [3.8, 4) is 0 Å². The molecule has 1 aliphatic rings. The lowest BCUT2D eigenvalue weighted by atomic mass is 9.97. The quantitative estimate of drug-likeness (QED) is 0.880. The van der Waals surface area contributed by atoms with Gasteiger partial charge in [-0.1, -0.05) is 17.7 Å². The summed E-state index contributed by atoms with van der Waals surface area (Å²) in [4.78, 5) is 13.8. The number of piperidine rings is 1. The van der Waals surface area contributed by atoms with Crippen LogP contribution in [0.2, 0.25) is 5.02 Å². The van der Waals surface area contributed by atoms with Gasteiger partial charge in [0.1, 0.15) is 0 Å². The van der Waals surface area contributed by atoms with Gasteiger partial charge < -0.3 is 21.1 Å². The summed E-state index contributed by atoms with van der Waals surface area (Å²) in [7, 11) is 1.71. The second kappa shape index (κ2) is 6.43. The Hall–Kier alpha value is -1.30. The number of anilines is 1. The Morgan fingerprint density at radius 3 is 2.90 bits per heavy atom. The molecule has 2 atom stereocenters. The maximum absolute atomic E-state index is 11.7. The minimum absolute atomic E-state index is 0.116. The van der Waals surface area contributed by atoms with Gasteiger partial charge in [-0.15, -0.1) is 0 Å². The molecule has 1 saturated heterocycles. The van der Waals surface area contributed by atoms with E-state index in [4.69, 9.17) is 27.8 Å². The van der Waals surface area contributed by atoms with E-state index in [2.05, 4.69) is 4.90 Å². The fourth-order valence-corrected chi connectivity index (χ4v) is 3.03. The van der Waals surface area contributed by atoms with Crippen molar-refractivity contribution < 1.29 is 9.53 Å². The van der Waals surface area contributed by atoms with Crippen LogP contribution in [-0.2, 0) is 4.74 Å². The lowest BCUT2D eigenvalue weighted by molar-refractivity contribution is 0.0709. The van der Waals surface area contributed by atoms with Crippen LogP contribution in [0.3, 0.4) is 0 Å². The molecule has 0 aromatic heterocycles. The number of halogens is 1. The normalized spacial score (nSPS) is 22.9. The van der Waals surface area contributed by atoms with E-state index < -0.39 is 5.91 Å². The molecule has 2 rings (SSSR count). The summed E-state index contributed by atoms with van der Waals surface area (Å²) in [6.45, 7) is 1.26. The molecule has 1 aromatic carbocycles. The Bertz CT molecular complexity index is 495. The minimum Gasteiger partial charge on any atom is -0.381 e. The number of amides is 1. The summed E-state index contributed by atoms with van der Waals surface area (Å²) in [5, 5.41) is 0.375. The van der Waals surface area contributed by atoms with Crippen molar-refractivity contribution in [2.75, 3.05) is 25.1 Å². The highest BCUT2D eigenvalue weighted by Gasteiger charge is 2.30. The van der Waals surface area contributed by atoms with Gasteiger partial charge >= 0.3 is 0 Å². The highest BCUT2D eigenvalue weighted by Crippen LogP contribution is 2.32. The van der Waals surface area contributed by atoms with E-state index in [1.807, 2.05) is 12.1 Å². The maximum atomic E-state index is 11.7. The van der Waals surface area contributed by atoms with Crippen LogP contribution in [0.1, 0.15) is 23.2 Å². The lowest BCUT2D eigenvalue weighted by Crippen LogP contribution is -2.49. The number of ether oxygens (including phenoxy) is 1. The number of rotatable bonds is 4. The summed E-state index contributed by atoms with van der Waals surface area (Å²) >= 11 is 6.11. The SMILES string of the molecule is COC1CCN(c2cccc(Cl)c2C(N)=O)C(CN)C1. The van der Waals surface area contributed by atoms with Gasteiger partial charge in [0.2, 0.25) is 0 Å². The third kappa shape index (κ3) is 2.90. The number of hydrogen-bond acceptors (Lipinski definition) is 4. The van der Waals surface area contributed by atoms with E-state index in [9.17, 15) is 4.79 Å². The van der Waals surface area contributed by atoms with E-state index >= 15 is 0 Å². The fraction of sp³-hybridized carbons (Fsp3) is 0.500. The Morgan fingerprint density at radius 2 is 2.30 bits per heavy atom. The summed E-state index contributed by atoms with van der Waals surface area (Å²) in [6.07, 6.45) is 1.92. The first-order valence-electron chi connectivity index (χ1n) is 6.66. The van der Waals surface area contributed by atoms with Gasteiger partial charge in [-0.2, -0.15) is 0 Å². The van der Waals surface area contributed by atoms with E-state index in [1.54, 1.807) is 13.2 Å². The lowest BCUT2D eigenvalue weighted by Gasteiger charge is -2.40. The van der Waals surface area contributed by atoms with Gasteiger partial charge in [0.25, 0.3) is 5.91 Å². The third-order valence-corrected chi connectivity index (χ3v) is 4.14. The van der Waals surface area contributed by atoms with Crippen LogP contribution in [0.5, 0.6) is 0 Å². The number of primary amides is 1. The first kappa shape index (κ1) is 15.1. The molecular formula is C14H20ClN3O2. The molecule has 20 heavy (non-hydrogen) atoms. The van der Waals surface area contributed by atoms with Crippen molar-refractivity contribution in [1.29, 1.82) is 0 Å². The molecule has 1 aliphatic heterocycles. The third-order valence-electron chi connectivity index (χ3n) is 3.82. The van der Waals surface area contributed by atoms with Crippen LogP contribution in [-0.4, -0.2) is 38.3 Å². The topological polar surface area (TPSA) is 81.6 Å². The number of nitrogens with two attached hydrogens (primary N) is 2. The van der Waals surface area contributed by atoms with Crippen molar-refractivity contribution in [3.63, 3.8) is 0 Å². The van der Waals surface area contributed by atoms with Crippen LogP contribution >= 0.6 is 11.6 Å². The summed E-state index contributed by atoms with van der Waals surface area (Å²) in [6, 6.07) is 5.47. The Kier molecular flexibility index (Phi) is 4.86. The summed E-state index contributed by atoms with van der Waals surface area (Å²) in [5.74, 6) is -0.518. The molecule has 4 N–H and O–H groups in total. The molecule has 2 unspecified atom stereocenters. The van der Waals surface area contributed by atoms with Gasteiger partial charge in [-0.3, -0.25) is 4.79 Å². The van der Waals surface area contributed by atoms with Crippen LogP contribution < -0.4 is 16.4 Å². The summed E-state index contributed by atoms with van der Waals surface area (Å²) in [5.41, 5.74) is 12.4. The number of methoxy groups -OCH3 is 1. The molecular weight excluding hydrogens is 278 g/mol. The second-order valence-corrected chi connectivity index (χ2v) is 5.37. The predicted molar refractivity (Wildman–Crippen MR) is 80.2 cm³/mol. The van der Waals surface area contributed by atoms with Crippen molar-refractivity contribution >= 4 is 23.2 Å². The molecule has 1 aromatic rings. The molecule has 1 amide bonds. The second-order valence-electron chi connectivity index (χ2n) is 4.96. The number of carbonyl (C=O) groups excluding carboxylic acids is 1. The van der Waals surface area contributed by atoms with Crippen molar-refractivity contribution in [2.24, 2.45) is 11.5 Å². The average molecular weight is 298 g/mol. The highest BCUT2D eigenvalue weighted by molar-refractivity contribution is 6.34. The van der Waals surface area contributed by atoms with Crippen molar-refractivity contribution in [3.05, 3.63) is 28.8 Å². The van der Waals surface area contributed by atoms with Gasteiger partial charge in [0.15, 0.2) is 0 Å². The van der Waals surface area contributed by atoms with E-state index in [0.717, 1.165) is 25.1 Å². The largest absolute Gasteiger partial charge is 0.381 e. The van der Waals surface area contributed by atoms with Crippen molar-refractivity contribution in [1.82, 2.24) is 0 Å². The number of carbonyl (C=O) groups is 1. The zero-order chi connectivity index (χ0) is 14.7. The van der Waals surface area contributed by atoms with Gasteiger partial charge in [-0.05, 0) is 25.0 Å². The van der Waals surface area contributed by atoms with Crippen LogP contribution in [0.4, 0.5) is 5.69 Å². The van der Waals surface area contributed by atoms with Crippen molar-refractivity contribution in [2.45, 2.75) is 25.0 Å². The monoisotopic (exact) mass is 297 g/mol. The molecule has 5 nitrogen and oxygen atoms in total. The van der Waals surface area contributed by atoms with Gasteiger partial charge in [-0.25, -0.2) is 0 Å². The molecule has 110 valence electrons. The molecule has 1 fully saturated rings. The predicted octanol–water partition coefficient (Wildman–Crippen LogP) is 1.38. The molecule has 0 saturated carbocycles. The Balaban J connectivity index is 2.35. The van der Waals surface area contributed by atoms with Gasteiger partial charge in [0.05, 0.1) is 22.4 Å². The van der Waals surface area contributed by atoms with Crippen LogP contribution in [0.15, 0.2) is 18.2 Å². The zero-order valence-corrected chi connectivity index (χ0v) is 12.3. The zero-order valence-electron chi connectivity index (χ0n) is 11.5. The number of nitrogens with zero attached hydrogens (tertiary/aromatic N) is 1. The maximum Gasteiger partial charge on any atom is 0.252 e. The van der Waals surface area contributed by atoms with E-state index in [-0.39, 0.29) is 12.1 Å². The highest BCUT2D eigenvalue weighted by atomic mass is 35.5. The molecule has 6 heteroatoms. The molecule has 0 aliphatic carbocycles. The molecule has 1 heterocycles. The average Bonchev–Trinajstić information content (AvgIpc) is 2.45. The molecule has 0 bridgehead atoms.